The van der Waals surface area contributed by atoms with Gasteiger partial charge in [-0.15, -0.1) is 0 Å². The van der Waals surface area contributed by atoms with E-state index in [2.05, 4.69) is 71.7 Å². The van der Waals surface area contributed by atoms with Gasteiger partial charge in [0, 0.05) is 33.7 Å². The Morgan fingerprint density at radius 3 is 2.45 bits per heavy atom. The van der Waals surface area contributed by atoms with Crippen LogP contribution in [-0.4, -0.2) is 10.1 Å². The first-order valence-electron chi connectivity index (χ1n) is 14.9. The molecular weight excluding hydrogens is 546 g/mol. The first kappa shape index (κ1) is 25.0. The van der Waals surface area contributed by atoms with Crippen molar-refractivity contribution >= 4 is 38.6 Å². The highest BCUT2D eigenvalue weighted by Crippen LogP contribution is 2.50. The van der Waals surface area contributed by atoms with Crippen molar-refractivity contribution in [2.75, 3.05) is 0 Å². The van der Waals surface area contributed by atoms with Gasteiger partial charge in [0.25, 0.3) is 0 Å². The minimum absolute atomic E-state index is 0.0830. The van der Waals surface area contributed by atoms with Crippen LogP contribution in [0.2, 0.25) is 0 Å². The van der Waals surface area contributed by atoms with Crippen LogP contribution in [0.5, 0.6) is 17.4 Å². The Kier molecular flexibility index (Phi) is 5.38. The maximum atomic E-state index is 10.6. The van der Waals surface area contributed by atoms with E-state index in [0.29, 0.717) is 22.7 Å². The smallest absolute Gasteiger partial charge is 0.220 e. The summed E-state index contributed by atoms with van der Waals surface area (Å²) < 4.78 is 19.7. The molecule has 7 aromatic rings. The fourth-order valence-corrected chi connectivity index (χ4v) is 6.90. The molecule has 0 unspecified atom stereocenters. The minimum Gasteiger partial charge on any atom is -0.506 e. The fraction of sp³-hybridized carbons (Fsp3) is 0.103. The summed E-state index contributed by atoms with van der Waals surface area (Å²) in [4.78, 5) is 4.66. The largest absolute Gasteiger partial charge is 0.506 e. The highest BCUT2D eigenvalue weighted by atomic mass is 16.5. The van der Waals surface area contributed by atoms with Crippen molar-refractivity contribution in [2.45, 2.75) is 25.4 Å². The van der Waals surface area contributed by atoms with Gasteiger partial charge in [-0.05, 0) is 83.6 Å². The van der Waals surface area contributed by atoms with Crippen LogP contribution in [0.25, 0.3) is 38.6 Å². The Labute approximate surface area is 253 Å². The SMILES string of the molecule is Cc1cc(O)c2nc(Oc3cc(C4=C[C@H]5c6ccccc6Cc6ccccc6[C@@H]5O4)cc4c3oc3ccccc34)ccc2c1. The summed E-state index contributed by atoms with van der Waals surface area (Å²) in [5.41, 5.74) is 8.91. The van der Waals surface area contributed by atoms with Crippen LogP contribution in [0.4, 0.5) is 0 Å². The van der Waals surface area contributed by atoms with Gasteiger partial charge >= 0.3 is 0 Å². The van der Waals surface area contributed by atoms with E-state index in [1.165, 1.54) is 22.3 Å². The minimum atomic E-state index is -0.125. The molecule has 0 bridgehead atoms. The highest BCUT2D eigenvalue weighted by Gasteiger charge is 2.37. The lowest BCUT2D eigenvalue weighted by atomic mass is 9.89. The van der Waals surface area contributed by atoms with E-state index >= 15 is 0 Å². The third kappa shape index (κ3) is 3.89. The summed E-state index contributed by atoms with van der Waals surface area (Å²) >= 11 is 0. The van der Waals surface area contributed by atoms with E-state index in [-0.39, 0.29) is 17.8 Å². The van der Waals surface area contributed by atoms with Gasteiger partial charge in [-0.3, -0.25) is 0 Å². The van der Waals surface area contributed by atoms with Gasteiger partial charge in [-0.25, -0.2) is 4.98 Å². The number of aromatic hydroxyl groups is 1. The fourth-order valence-electron chi connectivity index (χ4n) is 6.90. The number of phenols is 1. The molecule has 9 rings (SSSR count). The number of aryl methyl sites for hydroxylation is 1. The topological polar surface area (TPSA) is 64.7 Å². The lowest BCUT2D eigenvalue weighted by Crippen LogP contribution is -2.07. The van der Waals surface area contributed by atoms with E-state index in [1.807, 2.05) is 49.4 Å². The molecule has 2 aliphatic rings. The first-order chi connectivity index (χ1) is 21.6. The molecule has 3 heterocycles. The summed E-state index contributed by atoms with van der Waals surface area (Å²) in [5, 5.41) is 13.4. The molecule has 5 heteroatoms. The number of hydrogen-bond donors (Lipinski definition) is 1. The molecule has 0 spiro atoms. The van der Waals surface area contributed by atoms with Crippen LogP contribution in [0, 0.1) is 6.92 Å². The Morgan fingerprint density at radius 1 is 0.795 bits per heavy atom. The maximum Gasteiger partial charge on any atom is 0.220 e. The van der Waals surface area contributed by atoms with Gasteiger partial charge in [0.2, 0.25) is 5.88 Å². The number of para-hydroxylation sites is 1. The number of aromatic nitrogens is 1. The predicted octanol–water partition coefficient (Wildman–Crippen LogP) is 9.74. The lowest BCUT2D eigenvalue weighted by Gasteiger charge is -2.20. The standard InChI is InChI=1S/C39H27NO4/c1-22-16-25-14-15-36(40-37(25)32(41)17-22)42-35-20-26(19-30-29-12-6-7-13-33(29)43-39(30)35)34-21-31-27-10-4-2-8-23(27)18-24-9-3-5-11-28(24)38(31)44-34/h2-17,19-21,31,38,41H,18H2,1H3/t31-,38-/m0/s1. The van der Waals surface area contributed by atoms with Crippen molar-refractivity contribution in [1.82, 2.24) is 4.98 Å². The molecular formula is C39H27NO4. The highest BCUT2D eigenvalue weighted by molar-refractivity contribution is 6.08. The molecule has 2 aromatic heterocycles. The second kappa shape index (κ2) is 9.48. The molecule has 2 atom stereocenters. The summed E-state index contributed by atoms with van der Waals surface area (Å²) in [5.74, 6) is 1.91. The zero-order valence-corrected chi connectivity index (χ0v) is 24.0. The number of ether oxygens (including phenoxy) is 2. The summed E-state index contributed by atoms with van der Waals surface area (Å²) in [7, 11) is 0. The van der Waals surface area contributed by atoms with Crippen LogP contribution in [0.15, 0.2) is 120 Å². The molecule has 1 aliphatic heterocycles. The normalized spacial score (nSPS) is 17.1. The van der Waals surface area contributed by atoms with Crippen molar-refractivity contribution in [1.29, 1.82) is 0 Å². The third-order valence-electron chi connectivity index (χ3n) is 8.90. The van der Waals surface area contributed by atoms with Crippen LogP contribution in [0.1, 0.15) is 45.4 Å². The van der Waals surface area contributed by atoms with Crippen molar-refractivity contribution in [3.05, 3.63) is 149 Å². The van der Waals surface area contributed by atoms with Crippen molar-refractivity contribution < 1.29 is 19.0 Å². The molecule has 1 aliphatic carbocycles. The number of furan rings is 1. The van der Waals surface area contributed by atoms with Crippen LogP contribution < -0.4 is 4.74 Å². The van der Waals surface area contributed by atoms with E-state index in [1.54, 1.807) is 6.07 Å². The number of pyridine rings is 1. The van der Waals surface area contributed by atoms with Gasteiger partial charge in [-0.1, -0.05) is 66.7 Å². The number of rotatable bonds is 3. The average Bonchev–Trinajstić information content (AvgIpc) is 3.61. The molecule has 5 aromatic carbocycles. The van der Waals surface area contributed by atoms with Gasteiger partial charge in [0.15, 0.2) is 11.3 Å². The van der Waals surface area contributed by atoms with Crippen molar-refractivity contribution in [3.63, 3.8) is 0 Å². The first-order valence-corrected chi connectivity index (χ1v) is 14.9. The Bertz CT molecular complexity index is 2310. The van der Waals surface area contributed by atoms with E-state index < -0.39 is 0 Å². The van der Waals surface area contributed by atoms with Gasteiger partial charge < -0.3 is 19.0 Å². The molecule has 0 fully saturated rings. The number of hydrogen-bond acceptors (Lipinski definition) is 5. The van der Waals surface area contributed by atoms with Gasteiger partial charge in [0.05, 0.1) is 0 Å². The maximum absolute atomic E-state index is 10.6. The van der Waals surface area contributed by atoms with Crippen molar-refractivity contribution in [3.8, 4) is 17.4 Å². The molecule has 0 amide bonds. The Hall–Kier alpha value is -5.55. The van der Waals surface area contributed by atoms with E-state index in [0.717, 1.165) is 45.0 Å². The Morgan fingerprint density at radius 2 is 1.57 bits per heavy atom. The van der Waals surface area contributed by atoms with Crippen LogP contribution in [-0.2, 0) is 11.2 Å². The molecule has 0 saturated heterocycles. The predicted molar refractivity (Wildman–Crippen MR) is 172 cm³/mol. The van der Waals surface area contributed by atoms with Crippen LogP contribution in [0.3, 0.4) is 0 Å². The van der Waals surface area contributed by atoms with Gasteiger partial charge in [-0.2, -0.15) is 0 Å². The summed E-state index contributed by atoms with van der Waals surface area (Å²) in [6.07, 6.45) is 3.03. The molecule has 5 nitrogen and oxygen atoms in total. The quantitative estimate of drug-likeness (QED) is 0.228. The number of phenolic OH excluding ortho intramolecular Hbond substituents is 1. The van der Waals surface area contributed by atoms with E-state index in [4.69, 9.17) is 13.9 Å². The van der Waals surface area contributed by atoms with Crippen molar-refractivity contribution in [2.24, 2.45) is 0 Å². The average molecular weight is 574 g/mol. The summed E-state index contributed by atoms with van der Waals surface area (Å²) in [6, 6.07) is 36.8. The second-order valence-corrected chi connectivity index (χ2v) is 11.7. The Balaban J connectivity index is 1.20. The third-order valence-corrected chi connectivity index (χ3v) is 8.90. The molecule has 0 saturated carbocycles. The molecule has 0 radical (unpaired) electrons. The monoisotopic (exact) mass is 573 g/mol. The van der Waals surface area contributed by atoms with Crippen LogP contribution >= 0.6 is 0 Å². The molecule has 212 valence electrons. The lowest BCUT2D eigenvalue weighted by molar-refractivity contribution is 0.179. The second-order valence-electron chi connectivity index (χ2n) is 11.7. The van der Waals surface area contributed by atoms with E-state index in [9.17, 15) is 5.11 Å². The zero-order chi connectivity index (χ0) is 29.4. The van der Waals surface area contributed by atoms with Gasteiger partial charge in [0.1, 0.15) is 28.7 Å². The number of fused-ring (bicyclic) bond motifs is 9. The zero-order valence-electron chi connectivity index (χ0n) is 24.0. The number of nitrogens with zero attached hydrogens (tertiary/aromatic N) is 1. The molecule has 44 heavy (non-hydrogen) atoms. The molecule has 1 N–H and O–H groups in total. The summed E-state index contributed by atoms with van der Waals surface area (Å²) in [6.45, 7) is 1.95. The number of benzene rings is 5.